The Hall–Kier alpha value is -2.64. The summed E-state index contributed by atoms with van der Waals surface area (Å²) in [6.07, 6.45) is 1.54. The number of amides is 2. The van der Waals surface area contributed by atoms with E-state index in [1.807, 2.05) is 12.1 Å². The molecular formula is C18H16ClN3O3S. The first kappa shape index (κ1) is 18.2. The Bertz CT molecular complexity index is 922. The summed E-state index contributed by atoms with van der Waals surface area (Å²) in [5, 5.41) is 6.59. The maximum absolute atomic E-state index is 12.3. The fourth-order valence-electron chi connectivity index (χ4n) is 2.25. The molecule has 134 valence electrons. The number of halogens is 1. The van der Waals surface area contributed by atoms with Crippen LogP contribution in [-0.4, -0.2) is 23.3 Å². The van der Waals surface area contributed by atoms with Gasteiger partial charge in [0.05, 0.1) is 25.0 Å². The molecule has 0 unspecified atom stereocenters. The van der Waals surface area contributed by atoms with Crippen LogP contribution in [0.4, 0.5) is 0 Å². The molecule has 6 nitrogen and oxygen atoms in total. The second kappa shape index (κ2) is 8.16. The van der Waals surface area contributed by atoms with Gasteiger partial charge in [0.15, 0.2) is 0 Å². The van der Waals surface area contributed by atoms with Crippen LogP contribution >= 0.6 is 22.9 Å². The van der Waals surface area contributed by atoms with Gasteiger partial charge in [-0.15, -0.1) is 11.3 Å². The average molecular weight is 390 g/mol. The molecule has 2 aromatic heterocycles. The lowest BCUT2D eigenvalue weighted by molar-refractivity contribution is -0.120. The van der Waals surface area contributed by atoms with Crippen LogP contribution in [0.5, 0.6) is 0 Å². The molecule has 0 radical (unpaired) electrons. The summed E-state index contributed by atoms with van der Waals surface area (Å²) in [4.78, 5) is 29.1. The van der Waals surface area contributed by atoms with Crippen molar-refractivity contribution in [1.82, 2.24) is 15.6 Å². The van der Waals surface area contributed by atoms with Gasteiger partial charge in [-0.25, -0.2) is 4.98 Å². The van der Waals surface area contributed by atoms with E-state index in [0.29, 0.717) is 26.4 Å². The van der Waals surface area contributed by atoms with Crippen LogP contribution in [0, 0.1) is 6.92 Å². The summed E-state index contributed by atoms with van der Waals surface area (Å²) < 4.78 is 5.13. The van der Waals surface area contributed by atoms with E-state index in [2.05, 4.69) is 15.6 Å². The molecule has 0 aliphatic heterocycles. The number of carbonyl (C=O) groups excluding carboxylic acids is 2. The number of benzene rings is 1. The largest absolute Gasteiger partial charge is 0.467 e. The molecule has 0 saturated heterocycles. The van der Waals surface area contributed by atoms with Crippen molar-refractivity contribution in [1.29, 1.82) is 0 Å². The highest BCUT2D eigenvalue weighted by molar-refractivity contribution is 7.17. The number of hydrogen-bond donors (Lipinski definition) is 2. The first-order valence-corrected chi connectivity index (χ1v) is 9.03. The van der Waals surface area contributed by atoms with E-state index >= 15 is 0 Å². The van der Waals surface area contributed by atoms with Gasteiger partial charge < -0.3 is 15.1 Å². The third-order valence-corrected chi connectivity index (χ3v) is 4.96. The lowest BCUT2D eigenvalue weighted by Gasteiger charge is -2.05. The van der Waals surface area contributed by atoms with Crippen molar-refractivity contribution < 1.29 is 14.0 Å². The summed E-state index contributed by atoms with van der Waals surface area (Å²) >= 11 is 7.27. The smallest absolute Gasteiger partial charge is 0.263 e. The minimum atomic E-state index is -0.332. The standard InChI is InChI=1S/C18H16ClN3O3S/c1-11-16(26-18(22-11)12-4-2-5-13(19)8-12)17(24)21-10-15(23)20-9-14-6-3-7-25-14/h2-8H,9-10H2,1H3,(H,20,23)(H,21,24). The lowest BCUT2D eigenvalue weighted by atomic mass is 10.2. The zero-order chi connectivity index (χ0) is 18.5. The van der Waals surface area contributed by atoms with Gasteiger partial charge in [-0.3, -0.25) is 9.59 Å². The second-order valence-electron chi connectivity index (χ2n) is 5.48. The van der Waals surface area contributed by atoms with Gasteiger partial charge in [0, 0.05) is 10.6 Å². The normalized spacial score (nSPS) is 10.5. The minimum absolute atomic E-state index is 0.122. The zero-order valence-corrected chi connectivity index (χ0v) is 15.5. The van der Waals surface area contributed by atoms with Crippen molar-refractivity contribution >= 4 is 34.8 Å². The van der Waals surface area contributed by atoms with Gasteiger partial charge in [0.1, 0.15) is 15.6 Å². The van der Waals surface area contributed by atoms with Gasteiger partial charge in [-0.1, -0.05) is 23.7 Å². The van der Waals surface area contributed by atoms with Crippen molar-refractivity contribution in [3.05, 3.63) is 64.0 Å². The molecule has 8 heteroatoms. The lowest BCUT2D eigenvalue weighted by Crippen LogP contribution is -2.36. The molecule has 0 aliphatic carbocycles. The Kier molecular flexibility index (Phi) is 5.70. The predicted molar refractivity (Wildman–Crippen MR) is 100 cm³/mol. The SMILES string of the molecule is Cc1nc(-c2cccc(Cl)c2)sc1C(=O)NCC(=O)NCc1ccco1. The monoisotopic (exact) mass is 389 g/mol. The van der Waals surface area contributed by atoms with E-state index in [1.54, 1.807) is 31.2 Å². The van der Waals surface area contributed by atoms with Crippen LogP contribution in [0.3, 0.4) is 0 Å². The number of aromatic nitrogens is 1. The van der Waals surface area contributed by atoms with Crippen molar-refractivity contribution in [2.45, 2.75) is 13.5 Å². The van der Waals surface area contributed by atoms with Gasteiger partial charge in [0.2, 0.25) is 5.91 Å². The summed E-state index contributed by atoms with van der Waals surface area (Å²) in [6, 6.07) is 10.8. The van der Waals surface area contributed by atoms with Crippen molar-refractivity contribution in [2.24, 2.45) is 0 Å². The maximum atomic E-state index is 12.3. The van der Waals surface area contributed by atoms with E-state index in [4.69, 9.17) is 16.0 Å². The minimum Gasteiger partial charge on any atom is -0.467 e. The van der Waals surface area contributed by atoms with Crippen LogP contribution < -0.4 is 10.6 Å². The third-order valence-electron chi connectivity index (χ3n) is 3.52. The van der Waals surface area contributed by atoms with E-state index in [-0.39, 0.29) is 24.9 Å². The molecular weight excluding hydrogens is 374 g/mol. The molecule has 2 amide bonds. The van der Waals surface area contributed by atoms with Crippen LogP contribution in [0.1, 0.15) is 21.1 Å². The molecule has 0 aliphatic rings. The summed E-state index contributed by atoms with van der Waals surface area (Å²) in [5.74, 6) is 0.0163. The molecule has 26 heavy (non-hydrogen) atoms. The van der Waals surface area contributed by atoms with E-state index < -0.39 is 0 Å². The zero-order valence-electron chi connectivity index (χ0n) is 13.9. The van der Waals surface area contributed by atoms with Gasteiger partial charge in [-0.2, -0.15) is 0 Å². The molecule has 2 heterocycles. The topological polar surface area (TPSA) is 84.2 Å². The number of nitrogens with one attached hydrogen (secondary N) is 2. The van der Waals surface area contributed by atoms with Crippen LogP contribution in [0.15, 0.2) is 47.1 Å². The summed E-state index contributed by atoms with van der Waals surface area (Å²) in [5.41, 5.74) is 1.46. The van der Waals surface area contributed by atoms with Crippen molar-refractivity contribution in [3.63, 3.8) is 0 Å². The molecule has 0 spiro atoms. The van der Waals surface area contributed by atoms with E-state index in [9.17, 15) is 9.59 Å². The molecule has 0 atom stereocenters. The molecule has 3 aromatic rings. The Balaban J connectivity index is 1.58. The van der Waals surface area contributed by atoms with E-state index in [1.165, 1.54) is 17.6 Å². The Morgan fingerprint density at radius 2 is 2.08 bits per heavy atom. The average Bonchev–Trinajstić information content (AvgIpc) is 3.27. The number of nitrogens with zero attached hydrogens (tertiary/aromatic N) is 1. The molecule has 2 N–H and O–H groups in total. The van der Waals surface area contributed by atoms with Crippen LogP contribution in [-0.2, 0) is 11.3 Å². The number of carbonyl (C=O) groups is 2. The summed E-state index contributed by atoms with van der Waals surface area (Å²) in [7, 11) is 0. The molecule has 3 rings (SSSR count). The highest BCUT2D eigenvalue weighted by atomic mass is 35.5. The van der Waals surface area contributed by atoms with Gasteiger partial charge >= 0.3 is 0 Å². The highest BCUT2D eigenvalue weighted by Gasteiger charge is 2.17. The Morgan fingerprint density at radius 3 is 2.81 bits per heavy atom. The Morgan fingerprint density at radius 1 is 1.23 bits per heavy atom. The number of hydrogen-bond acceptors (Lipinski definition) is 5. The number of aryl methyl sites for hydroxylation is 1. The number of rotatable bonds is 6. The van der Waals surface area contributed by atoms with Crippen LogP contribution in [0.25, 0.3) is 10.6 Å². The fourth-order valence-corrected chi connectivity index (χ4v) is 3.42. The number of thiazole rings is 1. The molecule has 0 bridgehead atoms. The molecule has 1 aromatic carbocycles. The van der Waals surface area contributed by atoms with Gasteiger partial charge in [-0.05, 0) is 31.2 Å². The van der Waals surface area contributed by atoms with Crippen LogP contribution in [0.2, 0.25) is 5.02 Å². The summed E-state index contributed by atoms with van der Waals surface area (Å²) in [6.45, 7) is 1.92. The fraction of sp³-hybridized carbons (Fsp3) is 0.167. The quantitative estimate of drug-likeness (QED) is 0.676. The second-order valence-corrected chi connectivity index (χ2v) is 6.92. The first-order chi connectivity index (χ1) is 12.5. The maximum Gasteiger partial charge on any atom is 0.263 e. The van der Waals surface area contributed by atoms with E-state index in [0.717, 1.165) is 5.56 Å². The first-order valence-electron chi connectivity index (χ1n) is 7.83. The van der Waals surface area contributed by atoms with Crippen molar-refractivity contribution in [3.8, 4) is 10.6 Å². The predicted octanol–water partition coefficient (Wildman–Crippen LogP) is 3.41. The third kappa shape index (κ3) is 4.50. The van der Waals surface area contributed by atoms with Gasteiger partial charge in [0.25, 0.3) is 5.91 Å². The Labute approximate surface area is 159 Å². The molecule has 0 saturated carbocycles. The highest BCUT2D eigenvalue weighted by Crippen LogP contribution is 2.29. The molecule has 0 fully saturated rings. The number of furan rings is 1. The van der Waals surface area contributed by atoms with Crippen molar-refractivity contribution in [2.75, 3.05) is 6.54 Å².